The highest BCUT2D eigenvalue weighted by Crippen LogP contribution is 2.30. The fourth-order valence-corrected chi connectivity index (χ4v) is 3.03. The quantitative estimate of drug-likeness (QED) is 0.905. The summed E-state index contributed by atoms with van der Waals surface area (Å²) in [6, 6.07) is 5.94. The van der Waals surface area contributed by atoms with Gasteiger partial charge in [-0.3, -0.25) is 4.79 Å². The van der Waals surface area contributed by atoms with E-state index < -0.39 is 5.54 Å². The number of hydrogen-bond donors (Lipinski definition) is 1. The van der Waals surface area contributed by atoms with Crippen LogP contribution in [0.2, 0.25) is 5.02 Å². The lowest BCUT2D eigenvalue weighted by Crippen LogP contribution is -2.48. The summed E-state index contributed by atoms with van der Waals surface area (Å²) < 4.78 is 0. The van der Waals surface area contributed by atoms with Crippen molar-refractivity contribution in [2.24, 2.45) is 5.92 Å². The lowest BCUT2D eigenvalue weighted by molar-refractivity contribution is -0.127. The van der Waals surface area contributed by atoms with Crippen molar-refractivity contribution in [1.82, 2.24) is 10.2 Å². The van der Waals surface area contributed by atoms with Gasteiger partial charge in [-0.1, -0.05) is 36.7 Å². The first kappa shape index (κ1) is 16.3. The second kappa shape index (κ2) is 6.37. The van der Waals surface area contributed by atoms with E-state index in [0.717, 1.165) is 35.8 Å². The number of hydrogen-bond acceptors (Lipinski definition) is 2. The van der Waals surface area contributed by atoms with Crippen molar-refractivity contribution in [2.45, 2.75) is 39.7 Å². The number of likely N-dealkylation sites (tertiary alicyclic amines) is 1. The predicted octanol–water partition coefficient (Wildman–Crippen LogP) is 3.34. The third-order valence-corrected chi connectivity index (χ3v) is 4.73. The third-order valence-electron chi connectivity index (χ3n) is 4.23. The van der Waals surface area contributed by atoms with Gasteiger partial charge in [-0.05, 0) is 51.4 Å². The van der Waals surface area contributed by atoms with Gasteiger partial charge in [0.2, 0.25) is 5.91 Å². The summed E-state index contributed by atoms with van der Waals surface area (Å²) in [6.45, 7) is 11.0. The molecule has 1 heterocycles. The van der Waals surface area contributed by atoms with E-state index in [9.17, 15) is 4.79 Å². The Morgan fingerprint density at radius 1 is 1.43 bits per heavy atom. The van der Waals surface area contributed by atoms with Gasteiger partial charge in [0.25, 0.3) is 0 Å². The van der Waals surface area contributed by atoms with Gasteiger partial charge in [-0.2, -0.15) is 0 Å². The van der Waals surface area contributed by atoms with Gasteiger partial charge in [-0.25, -0.2) is 0 Å². The Bertz CT molecular complexity index is 524. The van der Waals surface area contributed by atoms with Crippen molar-refractivity contribution >= 4 is 17.5 Å². The third kappa shape index (κ3) is 3.78. The molecule has 1 aromatic carbocycles. The summed E-state index contributed by atoms with van der Waals surface area (Å²) in [4.78, 5) is 14.7. The molecule has 4 heteroatoms. The molecule has 21 heavy (non-hydrogen) atoms. The van der Waals surface area contributed by atoms with Crippen LogP contribution in [0.1, 0.15) is 38.3 Å². The van der Waals surface area contributed by atoms with Gasteiger partial charge in [0.15, 0.2) is 0 Å². The standard InChI is InChI=1S/C17H25ClN2O/c1-12-7-5-8-14(15(12)18)17(3,4)19-16(21)13(2)11-20-9-6-10-20/h5,7-8,13H,6,9-11H2,1-4H3,(H,19,21)/t13-/m0/s1. The van der Waals surface area contributed by atoms with Crippen LogP contribution in [0.4, 0.5) is 0 Å². The van der Waals surface area contributed by atoms with E-state index in [4.69, 9.17) is 11.6 Å². The molecule has 1 aliphatic rings. The van der Waals surface area contributed by atoms with Crippen LogP contribution in [0.15, 0.2) is 18.2 Å². The minimum Gasteiger partial charge on any atom is -0.347 e. The Labute approximate surface area is 132 Å². The van der Waals surface area contributed by atoms with Crippen molar-refractivity contribution in [3.63, 3.8) is 0 Å². The molecular weight excluding hydrogens is 284 g/mol. The molecule has 1 atom stereocenters. The summed E-state index contributed by atoms with van der Waals surface area (Å²) in [5.74, 6) is 0.0811. The fourth-order valence-electron chi connectivity index (χ4n) is 2.66. The van der Waals surface area contributed by atoms with Gasteiger partial charge in [0.05, 0.1) is 5.54 Å². The Morgan fingerprint density at radius 3 is 2.67 bits per heavy atom. The molecule has 0 bridgehead atoms. The van der Waals surface area contributed by atoms with E-state index in [1.54, 1.807) is 0 Å². The number of nitrogens with zero attached hydrogens (tertiary/aromatic N) is 1. The molecule has 3 nitrogen and oxygen atoms in total. The van der Waals surface area contributed by atoms with Gasteiger partial charge in [0.1, 0.15) is 0 Å². The van der Waals surface area contributed by atoms with Crippen LogP contribution in [0.5, 0.6) is 0 Å². The minimum atomic E-state index is -0.469. The smallest absolute Gasteiger partial charge is 0.224 e. The maximum absolute atomic E-state index is 12.4. The summed E-state index contributed by atoms with van der Waals surface area (Å²) >= 11 is 6.40. The van der Waals surface area contributed by atoms with Crippen LogP contribution in [0, 0.1) is 12.8 Å². The van der Waals surface area contributed by atoms with E-state index in [2.05, 4.69) is 10.2 Å². The maximum Gasteiger partial charge on any atom is 0.224 e. The molecule has 0 aliphatic carbocycles. The molecule has 0 radical (unpaired) electrons. The van der Waals surface area contributed by atoms with Gasteiger partial charge >= 0.3 is 0 Å². The molecule has 1 amide bonds. The zero-order chi connectivity index (χ0) is 15.6. The van der Waals surface area contributed by atoms with Crippen LogP contribution in [0.25, 0.3) is 0 Å². The SMILES string of the molecule is Cc1cccc(C(C)(C)NC(=O)[C@@H](C)CN2CCC2)c1Cl. The molecule has 1 aromatic rings. The van der Waals surface area contributed by atoms with E-state index in [1.807, 2.05) is 45.9 Å². The molecule has 2 rings (SSSR count). The largest absolute Gasteiger partial charge is 0.347 e. The van der Waals surface area contributed by atoms with Crippen LogP contribution in [-0.2, 0) is 10.3 Å². The van der Waals surface area contributed by atoms with E-state index in [1.165, 1.54) is 6.42 Å². The van der Waals surface area contributed by atoms with Crippen LogP contribution < -0.4 is 5.32 Å². The lowest BCUT2D eigenvalue weighted by atomic mass is 9.92. The number of aryl methyl sites for hydroxylation is 1. The Kier molecular flexibility index (Phi) is 4.95. The molecule has 1 saturated heterocycles. The lowest BCUT2D eigenvalue weighted by Gasteiger charge is -2.34. The molecule has 1 aliphatic heterocycles. The summed E-state index contributed by atoms with van der Waals surface area (Å²) in [7, 11) is 0. The Hall–Kier alpha value is -1.06. The number of carbonyl (C=O) groups is 1. The average molecular weight is 309 g/mol. The highest BCUT2D eigenvalue weighted by atomic mass is 35.5. The highest BCUT2D eigenvalue weighted by Gasteiger charge is 2.29. The van der Waals surface area contributed by atoms with Crippen molar-refractivity contribution < 1.29 is 4.79 Å². The second-order valence-electron chi connectivity index (χ2n) is 6.61. The van der Waals surface area contributed by atoms with Crippen molar-refractivity contribution in [3.05, 3.63) is 34.3 Å². The Balaban J connectivity index is 2.05. The molecule has 0 unspecified atom stereocenters. The Morgan fingerprint density at radius 2 is 2.10 bits per heavy atom. The summed E-state index contributed by atoms with van der Waals surface area (Å²) in [6.07, 6.45) is 1.25. The predicted molar refractivity (Wildman–Crippen MR) is 87.6 cm³/mol. The van der Waals surface area contributed by atoms with Crippen LogP contribution >= 0.6 is 11.6 Å². The van der Waals surface area contributed by atoms with E-state index >= 15 is 0 Å². The topological polar surface area (TPSA) is 32.3 Å². The average Bonchev–Trinajstić information content (AvgIpc) is 2.36. The molecule has 0 aromatic heterocycles. The number of amides is 1. The zero-order valence-corrected chi connectivity index (χ0v) is 14.1. The van der Waals surface area contributed by atoms with E-state index in [0.29, 0.717) is 0 Å². The van der Waals surface area contributed by atoms with Crippen molar-refractivity contribution in [3.8, 4) is 0 Å². The number of benzene rings is 1. The monoisotopic (exact) mass is 308 g/mol. The number of carbonyl (C=O) groups excluding carboxylic acids is 1. The molecule has 116 valence electrons. The molecular formula is C17H25ClN2O. The summed E-state index contributed by atoms with van der Waals surface area (Å²) in [5.41, 5.74) is 1.53. The second-order valence-corrected chi connectivity index (χ2v) is 6.98. The normalized spacial score (nSPS) is 17.2. The van der Waals surface area contributed by atoms with Gasteiger partial charge in [0, 0.05) is 17.5 Å². The fraction of sp³-hybridized carbons (Fsp3) is 0.588. The van der Waals surface area contributed by atoms with Crippen molar-refractivity contribution in [2.75, 3.05) is 19.6 Å². The zero-order valence-electron chi connectivity index (χ0n) is 13.4. The van der Waals surface area contributed by atoms with E-state index in [-0.39, 0.29) is 11.8 Å². The summed E-state index contributed by atoms with van der Waals surface area (Å²) in [5, 5.41) is 3.88. The first-order valence-corrected chi connectivity index (χ1v) is 7.99. The maximum atomic E-state index is 12.4. The number of halogens is 1. The minimum absolute atomic E-state index is 0.00633. The number of rotatable bonds is 5. The van der Waals surface area contributed by atoms with Crippen LogP contribution in [0.3, 0.4) is 0 Å². The molecule has 0 saturated carbocycles. The molecule has 0 spiro atoms. The van der Waals surface area contributed by atoms with Crippen LogP contribution in [-0.4, -0.2) is 30.4 Å². The first-order chi connectivity index (χ1) is 9.81. The first-order valence-electron chi connectivity index (χ1n) is 7.61. The number of nitrogens with one attached hydrogen (secondary N) is 1. The highest BCUT2D eigenvalue weighted by molar-refractivity contribution is 6.32. The van der Waals surface area contributed by atoms with Gasteiger partial charge in [-0.15, -0.1) is 0 Å². The van der Waals surface area contributed by atoms with Gasteiger partial charge < -0.3 is 10.2 Å². The molecule has 1 N–H and O–H groups in total. The van der Waals surface area contributed by atoms with Crippen molar-refractivity contribution in [1.29, 1.82) is 0 Å². The molecule has 1 fully saturated rings.